The quantitative estimate of drug-likeness (QED) is 0.155. The number of nitrogens with zero attached hydrogens (tertiary/aromatic N) is 4. The first-order chi connectivity index (χ1) is 27.4. The topological polar surface area (TPSA) is 13.0 Å². The summed E-state index contributed by atoms with van der Waals surface area (Å²) in [5.41, 5.74) is 23.9. The molecule has 2 aliphatic rings. The summed E-state index contributed by atoms with van der Waals surface area (Å²) in [6, 6.07) is 38.0. The van der Waals surface area contributed by atoms with Crippen molar-refractivity contribution in [2.24, 2.45) is 0 Å². The second-order valence-electron chi connectivity index (χ2n) is 14.9. The number of fused-ring (bicyclic) bond motifs is 2. The van der Waals surface area contributed by atoms with E-state index in [2.05, 4.69) is 199 Å². The zero-order valence-corrected chi connectivity index (χ0v) is 37.7. The standard InChI is InChI=1S/2C25H26N2.2ClH.Pd/c2*1-17-18(2)20(4)23(21(5)19(17)3)15-26-16-27(22-11-7-6-8-12-22)25-14-10-9-13-24(25)26;;;/h2*6-14H,15H2,1-5H3;2*1H;/q;;;;+2/p-2. The average molecular weight is 886 g/mol. The fourth-order valence-electron chi connectivity index (χ4n) is 7.95. The molecule has 7 heteroatoms. The van der Waals surface area contributed by atoms with Gasteiger partial charge in [-0.2, -0.15) is 0 Å². The number of rotatable bonds is 6. The van der Waals surface area contributed by atoms with E-state index in [0.29, 0.717) is 0 Å². The summed E-state index contributed by atoms with van der Waals surface area (Å²) in [6.07, 6.45) is 0. The molecule has 0 unspecified atom stereocenters. The molecule has 0 fully saturated rings. The van der Waals surface area contributed by atoms with Crippen molar-refractivity contribution in [3.8, 4) is 0 Å². The van der Waals surface area contributed by atoms with Crippen LogP contribution in [-0.4, -0.2) is 0 Å². The van der Waals surface area contributed by atoms with Gasteiger partial charge in [0, 0.05) is 24.5 Å². The fraction of sp³-hybridized carbons (Fsp3) is 0.240. The Morgan fingerprint density at radius 1 is 0.368 bits per heavy atom. The van der Waals surface area contributed by atoms with Gasteiger partial charge in [-0.15, -0.1) is 0 Å². The molecule has 0 aliphatic carbocycles. The van der Waals surface area contributed by atoms with Gasteiger partial charge >= 0.3 is 35.0 Å². The van der Waals surface area contributed by atoms with E-state index in [1.54, 1.807) is 0 Å². The van der Waals surface area contributed by atoms with Crippen molar-refractivity contribution in [2.45, 2.75) is 82.3 Å². The van der Waals surface area contributed by atoms with E-state index in [9.17, 15) is 0 Å². The third-order valence-electron chi connectivity index (χ3n) is 12.2. The molecule has 0 saturated carbocycles. The second-order valence-corrected chi connectivity index (χ2v) is 17.3. The average Bonchev–Trinajstić information content (AvgIpc) is 3.80. The van der Waals surface area contributed by atoms with Crippen LogP contribution in [0.2, 0.25) is 0 Å². The van der Waals surface area contributed by atoms with Gasteiger partial charge in [0.2, 0.25) is 13.3 Å². The van der Waals surface area contributed by atoms with Crippen LogP contribution in [0, 0.1) is 82.6 Å². The van der Waals surface area contributed by atoms with Gasteiger partial charge in [-0.3, -0.25) is 0 Å². The van der Waals surface area contributed by atoms with Crippen molar-refractivity contribution in [2.75, 3.05) is 19.6 Å². The number of halogens is 2. The summed E-state index contributed by atoms with van der Waals surface area (Å²) in [4.78, 5) is 8.83. The van der Waals surface area contributed by atoms with Gasteiger partial charge in [0.05, 0.1) is 22.7 Å². The molecule has 0 spiro atoms. The predicted molar refractivity (Wildman–Crippen MR) is 241 cm³/mol. The van der Waals surface area contributed by atoms with Crippen molar-refractivity contribution in [3.63, 3.8) is 0 Å². The van der Waals surface area contributed by atoms with Crippen molar-refractivity contribution in [1.82, 2.24) is 0 Å². The fourth-order valence-corrected chi connectivity index (χ4v) is 7.95. The molecule has 2 aliphatic heterocycles. The van der Waals surface area contributed by atoms with E-state index < -0.39 is 0 Å². The van der Waals surface area contributed by atoms with Crippen molar-refractivity contribution in [1.29, 1.82) is 0 Å². The Morgan fingerprint density at radius 2 is 0.614 bits per heavy atom. The molecule has 6 aromatic rings. The Bertz CT molecular complexity index is 2120. The zero-order valence-electron chi connectivity index (χ0n) is 34.7. The normalized spacial score (nSPS) is 12.9. The Morgan fingerprint density at radius 3 is 0.912 bits per heavy atom. The monoisotopic (exact) mass is 884 g/mol. The van der Waals surface area contributed by atoms with E-state index in [-0.39, 0.29) is 15.9 Å². The predicted octanol–water partition coefficient (Wildman–Crippen LogP) is 14.1. The van der Waals surface area contributed by atoms with E-state index in [0.717, 1.165) is 24.5 Å². The molecule has 0 bridgehead atoms. The van der Waals surface area contributed by atoms with Crippen LogP contribution in [0.3, 0.4) is 0 Å². The van der Waals surface area contributed by atoms with Gasteiger partial charge in [-0.05, 0) is 185 Å². The molecule has 0 N–H and O–H groups in total. The first-order valence-electron chi connectivity index (χ1n) is 19.3. The van der Waals surface area contributed by atoms with Crippen molar-refractivity contribution in [3.05, 3.63) is 189 Å². The number of hydrogen-bond donors (Lipinski definition) is 0. The summed E-state index contributed by atoms with van der Waals surface area (Å²) in [5, 5.41) is 0. The number of para-hydroxylation sites is 6. The first-order valence-corrected chi connectivity index (χ1v) is 23.3. The molecular formula is C50H52Cl2N4Pd. The zero-order chi connectivity index (χ0) is 41.0. The van der Waals surface area contributed by atoms with Crippen LogP contribution >= 0.6 is 19.1 Å². The van der Waals surface area contributed by atoms with Crippen LogP contribution in [0.1, 0.15) is 66.8 Å². The van der Waals surface area contributed by atoms with Crippen LogP contribution in [0.15, 0.2) is 109 Å². The van der Waals surface area contributed by atoms with Crippen LogP contribution in [0.5, 0.6) is 0 Å². The maximum absolute atomic E-state index is 4.81. The van der Waals surface area contributed by atoms with Gasteiger partial charge in [0.15, 0.2) is 0 Å². The third kappa shape index (κ3) is 8.65. The molecule has 0 atom stereocenters. The van der Waals surface area contributed by atoms with Gasteiger partial charge in [-0.1, -0.05) is 60.7 Å². The van der Waals surface area contributed by atoms with Crippen LogP contribution in [0.25, 0.3) is 0 Å². The third-order valence-corrected chi connectivity index (χ3v) is 12.2. The summed E-state index contributed by atoms with van der Waals surface area (Å²) in [7, 11) is 9.63. The number of anilines is 6. The Balaban J connectivity index is 0.000000180. The SMILES string of the molecule is Cc1c(C)c(C)c(CN2[C]N(c3ccccc3)c3ccccc32)c(C)c1C.Cc1c(C)c(C)c(CN2[C]N(c3ccccc3)c3ccccc32)c(C)c1C.[Cl][Pd][Cl]. The Labute approximate surface area is 358 Å². The Kier molecular flexibility index (Phi) is 13.8. The molecule has 0 saturated heterocycles. The maximum atomic E-state index is 4.81. The van der Waals surface area contributed by atoms with Crippen molar-refractivity contribution < 1.29 is 15.9 Å². The summed E-state index contributed by atoms with van der Waals surface area (Å²) in [6.45, 7) is 31.3. The molecule has 6 aromatic carbocycles. The van der Waals surface area contributed by atoms with E-state index in [1.807, 2.05) is 12.1 Å². The Hall–Kier alpha value is -4.24. The number of benzene rings is 6. The van der Waals surface area contributed by atoms with E-state index in [4.69, 9.17) is 19.1 Å². The van der Waals surface area contributed by atoms with E-state index in [1.165, 1.54) is 89.5 Å². The molecule has 0 amide bonds. The summed E-state index contributed by atoms with van der Waals surface area (Å²) < 4.78 is 0. The molecule has 296 valence electrons. The minimum atomic E-state index is -0.106. The first kappa shape index (κ1) is 42.4. The number of hydrogen-bond acceptors (Lipinski definition) is 4. The molecular weight excluding hydrogens is 834 g/mol. The molecule has 0 aromatic heterocycles. The van der Waals surface area contributed by atoms with Crippen LogP contribution in [-0.2, 0) is 29.0 Å². The van der Waals surface area contributed by atoms with Crippen LogP contribution < -0.4 is 19.6 Å². The van der Waals surface area contributed by atoms with E-state index >= 15 is 0 Å². The molecule has 8 rings (SSSR count). The molecule has 4 nitrogen and oxygen atoms in total. The van der Waals surface area contributed by atoms with Gasteiger partial charge in [-0.25, -0.2) is 0 Å². The minimum absolute atomic E-state index is 0.106. The van der Waals surface area contributed by atoms with Crippen molar-refractivity contribution >= 4 is 53.2 Å². The summed E-state index contributed by atoms with van der Waals surface area (Å²) >= 11 is -0.106. The van der Waals surface area contributed by atoms with Gasteiger partial charge < -0.3 is 19.6 Å². The second kappa shape index (κ2) is 18.6. The molecule has 57 heavy (non-hydrogen) atoms. The van der Waals surface area contributed by atoms with Gasteiger partial charge in [0.25, 0.3) is 0 Å². The molecule has 4 radical (unpaired) electrons. The van der Waals surface area contributed by atoms with Gasteiger partial charge in [0.1, 0.15) is 0 Å². The van der Waals surface area contributed by atoms with Crippen LogP contribution in [0.4, 0.5) is 34.1 Å². The summed E-state index contributed by atoms with van der Waals surface area (Å²) in [5.74, 6) is 0. The molecule has 2 heterocycles.